The molecule has 32 heavy (non-hydrogen) atoms. The van der Waals surface area contributed by atoms with Gasteiger partial charge in [-0.1, -0.05) is 6.07 Å². The zero-order chi connectivity index (χ0) is 22.5. The van der Waals surface area contributed by atoms with Crippen molar-refractivity contribution in [2.24, 2.45) is 5.92 Å². The van der Waals surface area contributed by atoms with E-state index in [9.17, 15) is 4.79 Å². The first kappa shape index (κ1) is 22.1. The topological polar surface area (TPSA) is 93.9 Å². The maximum atomic E-state index is 12.4. The lowest BCUT2D eigenvalue weighted by atomic mass is 9.86. The Bertz CT molecular complexity index is 1000. The highest BCUT2D eigenvalue weighted by Gasteiger charge is 2.24. The first-order valence-electron chi connectivity index (χ1n) is 11.7. The second kappa shape index (κ2) is 9.99. The number of fused-ring (bicyclic) bond motifs is 1. The quantitative estimate of drug-likeness (QED) is 0.723. The molecule has 0 atom stereocenters. The standard InChI is InChI=1S/C25H32N6O/c1-31(2)23-21-8-3-4-9-22(21)29-25(30-23)28-20-12-10-17(11-13-20)16-27-24(32)19-7-5-6-18(14-19)15-26/h5-7,14,17,20H,3-4,8-13,16H2,1-2H3,(H,27,32)(H,28,29,30). The lowest BCUT2D eigenvalue weighted by Gasteiger charge is -2.30. The van der Waals surface area contributed by atoms with Crippen molar-refractivity contribution in [2.75, 3.05) is 30.9 Å². The van der Waals surface area contributed by atoms with E-state index in [0.29, 0.717) is 29.6 Å². The number of nitrogens with zero attached hydrogens (tertiary/aromatic N) is 4. The maximum absolute atomic E-state index is 12.4. The monoisotopic (exact) mass is 432 g/mol. The minimum absolute atomic E-state index is 0.110. The van der Waals surface area contributed by atoms with Crippen LogP contribution in [0.5, 0.6) is 0 Å². The largest absolute Gasteiger partial charge is 0.362 e. The summed E-state index contributed by atoms with van der Waals surface area (Å²) in [5, 5.41) is 15.6. The number of hydrogen-bond acceptors (Lipinski definition) is 6. The van der Waals surface area contributed by atoms with Gasteiger partial charge in [-0.15, -0.1) is 0 Å². The van der Waals surface area contributed by atoms with Crippen molar-refractivity contribution in [3.8, 4) is 6.07 Å². The summed E-state index contributed by atoms with van der Waals surface area (Å²) < 4.78 is 0. The van der Waals surface area contributed by atoms with E-state index in [0.717, 1.165) is 50.3 Å². The average Bonchev–Trinajstić information content (AvgIpc) is 2.82. The van der Waals surface area contributed by atoms with Crippen molar-refractivity contribution in [3.63, 3.8) is 0 Å². The van der Waals surface area contributed by atoms with Crippen LogP contribution < -0.4 is 15.5 Å². The summed E-state index contributed by atoms with van der Waals surface area (Å²) in [5.74, 6) is 2.16. The van der Waals surface area contributed by atoms with Gasteiger partial charge >= 0.3 is 0 Å². The average molecular weight is 433 g/mol. The van der Waals surface area contributed by atoms with Gasteiger partial charge in [0.05, 0.1) is 17.3 Å². The van der Waals surface area contributed by atoms with Gasteiger partial charge in [-0.05, 0) is 75.5 Å². The fourth-order valence-electron chi connectivity index (χ4n) is 4.77. The molecule has 1 saturated carbocycles. The van der Waals surface area contributed by atoms with Crippen molar-refractivity contribution < 1.29 is 4.79 Å². The van der Waals surface area contributed by atoms with Crippen LogP contribution >= 0.6 is 0 Å². The molecule has 1 amide bonds. The SMILES string of the molecule is CN(C)c1nc(NC2CCC(CNC(=O)c3cccc(C#N)c3)CC2)nc2c1CCCC2. The minimum atomic E-state index is -0.110. The molecule has 1 aromatic carbocycles. The van der Waals surface area contributed by atoms with Crippen LogP contribution in [0.4, 0.5) is 11.8 Å². The summed E-state index contributed by atoms with van der Waals surface area (Å²) >= 11 is 0. The van der Waals surface area contributed by atoms with Crippen LogP contribution in [0.1, 0.15) is 65.7 Å². The fraction of sp³-hybridized carbons (Fsp3) is 0.520. The van der Waals surface area contributed by atoms with Crippen LogP contribution in [0.2, 0.25) is 0 Å². The van der Waals surface area contributed by atoms with Crippen LogP contribution in [0.25, 0.3) is 0 Å². The molecule has 2 aromatic rings. The number of anilines is 2. The molecular formula is C25H32N6O. The lowest BCUT2D eigenvalue weighted by Crippen LogP contribution is -2.34. The van der Waals surface area contributed by atoms with E-state index in [4.69, 9.17) is 15.2 Å². The first-order valence-corrected chi connectivity index (χ1v) is 11.7. The second-order valence-electron chi connectivity index (χ2n) is 9.16. The number of nitrogens with one attached hydrogen (secondary N) is 2. The Kier molecular flexibility index (Phi) is 6.89. The van der Waals surface area contributed by atoms with Gasteiger partial charge in [-0.3, -0.25) is 4.79 Å². The highest BCUT2D eigenvalue weighted by atomic mass is 16.1. The predicted octanol–water partition coefficient (Wildman–Crippen LogP) is 3.69. The van der Waals surface area contributed by atoms with Crippen molar-refractivity contribution in [1.82, 2.24) is 15.3 Å². The van der Waals surface area contributed by atoms with Gasteiger partial charge in [0.15, 0.2) is 0 Å². The van der Waals surface area contributed by atoms with Gasteiger partial charge in [-0.2, -0.15) is 10.2 Å². The summed E-state index contributed by atoms with van der Waals surface area (Å²) in [4.78, 5) is 24.2. The van der Waals surface area contributed by atoms with Crippen molar-refractivity contribution in [3.05, 3.63) is 46.6 Å². The van der Waals surface area contributed by atoms with Gasteiger partial charge in [0, 0.05) is 37.8 Å². The summed E-state index contributed by atoms with van der Waals surface area (Å²) in [6.45, 7) is 0.669. The van der Waals surface area contributed by atoms with Crippen LogP contribution in [0, 0.1) is 17.2 Å². The molecule has 168 valence electrons. The number of aromatic nitrogens is 2. The molecule has 1 aromatic heterocycles. The lowest BCUT2D eigenvalue weighted by molar-refractivity contribution is 0.0943. The van der Waals surface area contributed by atoms with E-state index in [1.807, 2.05) is 0 Å². The van der Waals surface area contributed by atoms with Crippen molar-refractivity contribution >= 4 is 17.7 Å². The number of rotatable bonds is 6. The van der Waals surface area contributed by atoms with Gasteiger partial charge < -0.3 is 15.5 Å². The minimum Gasteiger partial charge on any atom is -0.362 e. The summed E-state index contributed by atoms with van der Waals surface area (Å²) in [7, 11) is 4.11. The number of carbonyl (C=O) groups is 1. The summed E-state index contributed by atoms with van der Waals surface area (Å²) in [6, 6.07) is 9.28. The van der Waals surface area contributed by atoms with Crippen LogP contribution in [-0.4, -0.2) is 42.6 Å². The van der Waals surface area contributed by atoms with Gasteiger partial charge in [-0.25, -0.2) is 4.98 Å². The number of aryl methyl sites for hydroxylation is 1. The normalized spacial score (nSPS) is 20.0. The summed E-state index contributed by atoms with van der Waals surface area (Å²) in [5.41, 5.74) is 3.56. The highest BCUT2D eigenvalue weighted by molar-refractivity contribution is 5.94. The third-order valence-electron chi connectivity index (χ3n) is 6.57. The Morgan fingerprint density at radius 1 is 1.16 bits per heavy atom. The van der Waals surface area contributed by atoms with Crippen LogP contribution in [0.15, 0.2) is 24.3 Å². The molecule has 2 aliphatic rings. The molecule has 4 rings (SSSR count). The summed E-state index contributed by atoms with van der Waals surface area (Å²) in [6.07, 6.45) is 8.73. The first-order chi connectivity index (χ1) is 15.5. The van der Waals surface area contributed by atoms with Crippen LogP contribution in [-0.2, 0) is 12.8 Å². The molecular weight excluding hydrogens is 400 g/mol. The Morgan fingerprint density at radius 2 is 1.94 bits per heavy atom. The number of carbonyl (C=O) groups excluding carboxylic acids is 1. The zero-order valence-corrected chi connectivity index (χ0v) is 19.0. The van der Waals surface area contributed by atoms with Crippen molar-refractivity contribution in [2.45, 2.75) is 57.4 Å². The molecule has 0 radical (unpaired) electrons. The molecule has 2 aliphatic carbocycles. The van der Waals surface area contributed by atoms with Crippen LogP contribution in [0.3, 0.4) is 0 Å². The third kappa shape index (κ3) is 5.18. The van der Waals surface area contributed by atoms with E-state index in [2.05, 4.69) is 35.7 Å². The number of hydrogen-bond donors (Lipinski definition) is 2. The molecule has 0 aliphatic heterocycles. The Morgan fingerprint density at radius 3 is 2.69 bits per heavy atom. The molecule has 7 nitrogen and oxygen atoms in total. The molecule has 2 N–H and O–H groups in total. The number of amides is 1. The Labute approximate surface area is 190 Å². The third-order valence-corrected chi connectivity index (χ3v) is 6.57. The molecule has 7 heteroatoms. The van der Waals surface area contributed by atoms with E-state index >= 15 is 0 Å². The Balaban J connectivity index is 1.29. The van der Waals surface area contributed by atoms with Crippen molar-refractivity contribution in [1.29, 1.82) is 5.26 Å². The van der Waals surface area contributed by atoms with Gasteiger partial charge in [0.25, 0.3) is 5.91 Å². The van der Waals surface area contributed by atoms with Gasteiger partial charge in [0.1, 0.15) is 5.82 Å². The maximum Gasteiger partial charge on any atom is 0.251 e. The molecule has 0 saturated heterocycles. The van der Waals surface area contributed by atoms with E-state index in [1.165, 1.54) is 24.1 Å². The molecule has 1 fully saturated rings. The second-order valence-corrected chi connectivity index (χ2v) is 9.16. The smallest absolute Gasteiger partial charge is 0.251 e. The number of benzene rings is 1. The fourth-order valence-corrected chi connectivity index (χ4v) is 4.77. The Hall–Kier alpha value is -3.14. The molecule has 1 heterocycles. The number of nitriles is 1. The molecule has 0 unspecified atom stereocenters. The van der Waals surface area contributed by atoms with E-state index in [-0.39, 0.29) is 5.91 Å². The van der Waals surface area contributed by atoms with E-state index < -0.39 is 0 Å². The van der Waals surface area contributed by atoms with E-state index in [1.54, 1.807) is 24.3 Å². The predicted molar refractivity (Wildman–Crippen MR) is 126 cm³/mol. The molecule has 0 spiro atoms. The zero-order valence-electron chi connectivity index (χ0n) is 19.0. The highest BCUT2D eigenvalue weighted by Crippen LogP contribution is 2.30. The van der Waals surface area contributed by atoms with Gasteiger partial charge in [0.2, 0.25) is 5.95 Å². The molecule has 0 bridgehead atoms.